The van der Waals surface area contributed by atoms with E-state index >= 15 is 0 Å². The van der Waals surface area contributed by atoms with Crippen molar-refractivity contribution in [1.29, 1.82) is 0 Å². The summed E-state index contributed by atoms with van der Waals surface area (Å²) in [5, 5.41) is 13.1. The van der Waals surface area contributed by atoms with Crippen molar-refractivity contribution >= 4 is 35.1 Å². The second-order valence-corrected chi connectivity index (χ2v) is 11.2. The first-order valence-corrected chi connectivity index (χ1v) is 15.6. The topological polar surface area (TPSA) is 124 Å². The molecule has 4 rings (SSSR count). The molecule has 2 aromatic carbocycles. The van der Waals surface area contributed by atoms with Gasteiger partial charge in [0.1, 0.15) is 18.2 Å². The van der Waals surface area contributed by atoms with Gasteiger partial charge in [0, 0.05) is 75.9 Å². The zero-order chi connectivity index (χ0) is 33.2. The molecule has 0 saturated carbocycles. The molecule has 13 heteroatoms. The predicted molar refractivity (Wildman–Crippen MR) is 175 cm³/mol. The molecule has 1 fully saturated rings. The number of methoxy groups -OCH3 is 1. The number of nitrogens with one attached hydrogen (secondary N) is 1. The second-order valence-electron chi connectivity index (χ2n) is 11.2. The number of nitrogens with zero attached hydrogens (tertiary/aromatic N) is 6. The lowest BCUT2D eigenvalue weighted by Gasteiger charge is -2.36. The van der Waals surface area contributed by atoms with E-state index < -0.39 is 11.9 Å². The van der Waals surface area contributed by atoms with E-state index in [-0.39, 0.29) is 41.3 Å². The molecular formula is C33H44FN7O5. The summed E-state index contributed by atoms with van der Waals surface area (Å²) in [5.41, 5.74) is 1.27. The van der Waals surface area contributed by atoms with E-state index in [4.69, 9.17) is 9.47 Å². The van der Waals surface area contributed by atoms with E-state index in [0.717, 1.165) is 31.1 Å². The zero-order valence-electron chi connectivity index (χ0n) is 27.2. The van der Waals surface area contributed by atoms with Gasteiger partial charge in [-0.05, 0) is 57.5 Å². The van der Waals surface area contributed by atoms with Crippen molar-refractivity contribution in [3.8, 4) is 11.5 Å². The molecule has 46 heavy (non-hydrogen) atoms. The number of carboxylic acid groups (broad SMARTS) is 1. The van der Waals surface area contributed by atoms with E-state index in [9.17, 15) is 19.1 Å². The molecular weight excluding hydrogens is 593 g/mol. The molecule has 12 nitrogen and oxygen atoms in total. The third-order valence-electron chi connectivity index (χ3n) is 8.01. The van der Waals surface area contributed by atoms with E-state index in [1.165, 1.54) is 25.4 Å². The number of hydrogen-bond donors (Lipinski definition) is 2. The molecule has 0 atom stereocenters. The van der Waals surface area contributed by atoms with Crippen LogP contribution in [0.5, 0.6) is 11.5 Å². The number of likely N-dealkylation sites (N-methyl/N-ethyl adjacent to an activating group) is 1. The van der Waals surface area contributed by atoms with Gasteiger partial charge in [-0.3, -0.25) is 14.6 Å². The van der Waals surface area contributed by atoms with Gasteiger partial charge < -0.3 is 24.8 Å². The third kappa shape index (κ3) is 8.82. The summed E-state index contributed by atoms with van der Waals surface area (Å²) in [5.74, 6) is -0.0542. The molecule has 1 saturated heterocycles. The van der Waals surface area contributed by atoms with Crippen LogP contribution in [0, 0.1) is 5.82 Å². The number of ether oxygens (including phenoxy) is 2. The third-order valence-corrected chi connectivity index (χ3v) is 8.01. The van der Waals surface area contributed by atoms with Crippen molar-refractivity contribution in [3.63, 3.8) is 0 Å². The minimum Gasteiger partial charge on any atom is -0.495 e. The molecule has 0 aliphatic carbocycles. The van der Waals surface area contributed by atoms with Gasteiger partial charge in [0.25, 0.3) is 0 Å². The Bertz CT molecular complexity index is 1480. The molecule has 2 amide bonds. The van der Waals surface area contributed by atoms with Crippen LogP contribution in [-0.2, 0) is 11.2 Å². The van der Waals surface area contributed by atoms with Crippen LogP contribution < -0.4 is 19.7 Å². The standard InChI is InChI=1S/C33H44FN7O5/c1-6-39(7-2)31(42)21-24-8-10-27(29(20-24)45-5)41(33(43)44)30-12-13-35-32(37-30)36-25-9-11-28(26(34)22-25)46-19-18-38-14-16-40(17-15-38)23(3)4/h8-13,20,22-23H,6-7,14-19,21H2,1-5H3,(H,43,44)(H,35,36,37). The van der Waals surface area contributed by atoms with Crippen LogP contribution in [0.1, 0.15) is 33.3 Å². The van der Waals surface area contributed by atoms with Crippen molar-refractivity contribution in [3.05, 3.63) is 60.0 Å². The van der Waals surface area contributed by atoms with Crippen molar-refractivity contribution < 1.29 is 28.6 Å². The minimum absolute atomic E-state index is 0.0341. The van der Waals surface area contributed by atoms with Crippen LogP contribution in [0.15, 0.2) is 48.7 Å². The normalized spacial score (nSPS) is 13.8. The summed E-state index contributed by atoms with van der Waals surface area (Å²) in [6, 6.07) is 11.4. The van der Waals surface area contributed by atoms with Crippen molar-refractivity contribution in [2.75, 3.05) is 69.7 Å². The van der Waals surface area contributed by atoms with E-state index in [1.54, 1.807) is 35.2 Å². The van der Waals surface area contributed by atoms with Crippen LogP contribution in [-0.4, -0.2) is 107 Å². The van der Waals surface area contributed by atoms with Crippen LogP contribution in [0.2, 0.25) is 0 Å². The van der Waals surface area contributed by atoms with Gasteiger partial charge >= 0.3 is 6.09 Å². The van der Waals surface area contributed by atoms with Crippen molar-refractivity contribution in [1.82, 2.24) is 24.7 Å². The Labute approximate surface area is 269 Å². The smallest absolute Gasteiger partial charge is 0.417 e. The van der Waals surface area contributed by atoms with Gasteiger partial charge in [0.05, 0.1) is 19.2 Å². The zero-order valence-corrected chi connectivity index (χ0v) is 27.2. The number of carbonyl (C=O) groups excluding carboxylic acids is 1. The molecule has 2 heterocycles. The van der Waals surface area contributed by atoms with Crippen molar-refractivity contribution in [2.24, 2.45) is 0 Å². The molecule has 1 aliphatic rings. The van der Waals surface area contributed by atoms with Crippen LogP contribution in [0.25, 0.3) is 0 Å². The Hall–Kier alpha value is -4.49. The number of hydrogen-bond acceptors (Lipinski definition) is 9. The van der Waals surface area contributed by atoms with Gasteiger partial charge in [-0.15, -0.1) is 0 Å². The monoisotopic (exact) mass is 637 g/mol. The highest BCUT2D eigenvalue weighted by molar-refractivity contribution is 5.95. The summed E-state index contributed by atoms with van der Waals surface area (Å²) in [6.07, 6.45) is 0.256. The SMILES string of the molecule is CCN(CC)C(=O)Cc1ccc(N(C(=O)O)c2ccnc(Nc3ccc(OCCN4CCN(C(C)C)CC4)c(F)c3)n2)c(OC)c1. The fourth-order valence-corrected chi connectivity index (χ4v) is 5.35. The number of aromatic nitrogens is 2. The lowest BCUT2D eigenvalue weighted by molar-refractivity contribution is -0.130. The lowest BCUT2D eigenvalue weighted by atomic mass is 10.1. The molecule has 1 aliphatic heterocycles. The molecule has 0 spiro atoms. The molecule has 1 aromatic heterocycles. The summed E-state index contributed by atoms with van der Waals surface area (Å²) in [4.78, 5) is 41.0. The minimum atomic E-state index is -1.30. The second kappa shape index (κ2) is 16.2. The van der Waals surface area contributed by atoms with Gasteiger partial charge in [-0.2, -0.15) is 4.98 Å². The number of benzene rings is 2. The Morgan fingerprint density at radius 2 is 1.78 bits per heavy atom. The highest BCUT2D eigenvalue weighted by Crippen LogP contribution is 2.35. The summed E-state index contributed by atoms with van der Waals surface area (Å²) in [6.45, 7) is 14.5. The Kier molecular flexibility index (Phi) is 12.1. The van der Waals surface area contributed by atoms with Crippen LogP contribution in [0.4, 0.5) is 32.3 Å². The molecule has 0 radical (unpaired) electrons. The van der Waals surface area contributed by atoms with Gasteiger partial charge in [0.15, 0.2) is 11.6 Å². The van der Waals surface area contributed by atoms with E-state index in [2.05, 4.69) is 38.9 Å². The van der Waals surface area contributed by atoms with E-state index in [0.29, 0.717) is 43.5 Å². The number of piperazine rings is 1. The molecule has 3 aromatic rings. The molecule has 2 N–H and O–H groups in total. The average molecular weight is 638 g/mol. The van der Waals surface area contributed by atoms with Gasteiger partial charge in [-0.25, -0.2) is 19.1 Å². The number of rotatable bonds is 14. The maximum atomic E-state index is 14.9. The lowest BCUT2D eigenvalue weighted by Crippen LogP contribution is -2.49. The Balaban J connectivity index is 1.42. The average Bonchev–Trinajstić information content (AvgIpc) is 3.03. The first kappa shape index (κ1) is 34.4. The molecule has 0 bridgehead atoms. The number of anilines is 4. The fraction of sp³-hybridized carbons (Fsp3) is 0.455. The predicted octanol–water partition coefficient (Wildman–Crippen LogP) is 5.00. The quantitative estimate of drug-likeness (QED) is 0.250. The molecule has 248 valence electrons. The fourth-order valence-electron chi connectivity index (χ4n) is 5.35. The van der Waals surface area contributed by atoms with E-state index in [1.807, 2.05) is 13.8 Å². The van der Waals surface area contributed by atoms with Crippen LogP contribution in [0.3, 0.4) is 0 Å². The summed E-state index contributed by atoms with van der Waals surface area (Å²) >= 11 is 0. The first-order valence-electron chi connectivity index (χ1n) is 15.6. The Morgan fingerprint density at radius 1 is 1.04 bits per heavy atom. The Morgan fingerprint density at radius 3 is 2.41 bits per heavy atom. The highest BCUT2D eigenvalue weighted by Gasteiger charge is 2.24. The number of halogens is 1. The molecule has 0 unspecified atom stereocenters. The van der Waals surface area contributed by atoms with Crippen molar-refractivity contribution in [2.45, 2.75) is 40.2 Å². The summed E-state index contributed by atoms with van der Waals surface area (Å²) < 4.78 is 26.2. The highest BCUT2D eigenvalue weighted by atomic mass is 19.1. The summed E-state index contributed by atoms with van der Waals surface area (Å²) in [7, 11) is 1.43. The van der Waals surface area contributed by atoms with Gasteiger partial charge in [0.2, 0.25) is 11.9 Å². The number of carbonyl (C=O) groups is 2. The van der Waals surface area contributed by atoms with Crippen LogP contribution >= 0.6 is 0 Å². The number of amides is 2. The maximum Gasteiger partial charge on any atom is 0.417 e. The first-order chi connectivity index (χ1) is 22.1. The van der Waals surface area contributed by atoms with Gasteiger partial charge in [-0.1, -0.05) is 6.07 Å². The largest absolute Gasteiger partial charge is 0.495 e. The maximum absolute atomic E-state index is 14.9.